The fraction of sp³-hybridized carbons (Fsp3) is 0.526. The third-order valence-corrected chi connectivity index (χ3v) is 5.89. The Labute approximate surface area is 152 Å². The maximum absolute atomic E-state index is 5.49. The Balaban J connectivity index is 1.34. The molecule has 1 aliphatic heterocycles. The average Bonchev–Trinajstić information content (AvgIpc) is 3.38. The van der Waals surface area contributed by atoms with Crippen LogP contribution in [0.15, 0.2) is 24.8 Å². The second-order valence-corrected chi connectivity index (χ2v) is 7.34. The molecular formula is C19H24N6O. The van der Waals surface area contributed by atoms with Crippen LogP contribution in [0.1, 0.15) is 37.3 Å². The van der Waals surface area contributed by atoms with Crippen molar-refractivity contribution in [3.05, 3.63) is 30.5 Å². The summed E-state index contributed by atoms with van der Waals surface area (Å²) in [7, 11) is 0. The van der Waals surface area contributed by atoms with Crippen LogP contribution in [0.5, 0.6) is 0 Å². The molecule has 136 valence electrons. The summed E-state index contributed by atoms with van der Waals surface area (Å²) < 4.78 is 5.49. The first-order valence-electron chi connectivity index (χ1n) is 9.53. The SMILES string of the molecule is c1n[nH]cc1-c1c[nH]c2ncc(C3CCC(N4CCOCC4)CC3)nc12. The van der Waals surface area contributed by atoms with E-state index in [1.54, 1.807) is 0 Å². The van der Waals surface area contributed by atoms with E-state index in [1.165, 1.54) is 25.7 Å². The Morgan fingerprint density at radius 2 is 1.88 bits per heavy atom. The number of rotatable bonds is 3. The number of H-pyrrole nitrogens is 2. The maximum atomic E-state index is 5.49. The van der Waals surface area contributed by atoms with E-state index in [1.807, 2.05) is 24.8 Å². The first kappa shape index (κ1) is 16.0. The summed E-state index contributed by atoms with van der Waals surface area (Å²) >= 11 is 0. The van der Waals surface area contributed by atoms with Gasteiger partial charge in [0.15, 0.2) is 5.65 Å². The average molecular weight is 352 g/mol. The lowest BCUT2D eigenvalue weighted by molar-refractivity contribution is 0.00721. The van der Waals surface area contributed by atoms with Crippen molar-refractivity contribution in [1.29, 1.82) is 0 Å². The van der Waals surface area contributed by atoms with Crippen LogP contribution in [0.2, 0.25) is 0 Å². The summed E-state index contributed by atoms with van der Waals surface area (Å²) in [6.07, 6.45) is 12.5. The number of morpholine rings is 1. The van der Waals surface area contributed by atoms with Crippen molar-refractivity contribution in [1.82, 2.24) is 30.0 Å². The van der Waals surface area contributed by atoms with Gasteiger partial charge in [-0.2, -0.15) is 5.10 Å². The topological polar surface area (TPSA) is 82.7 Å². The number of nitrogens with zero attached hydrogens (tertiary/aromatic N) is 4. The van der Waals surface area contributed by atoms with Crippen LogP contribution in [0.3, 0.4) is 0 Å². The fourth-order valence-corrected chi connectivity index (χ4v) is 4.40. The van der Waals surface area contributed by atoms with E-state index in [0.717, 1.165) is 54.3 Å². The van der Waals surface area contributed by atoms with E-state index in [2.05, 4.69) is 25.1 Å². The molecule has 2 aliphatic rings. The van der Waals surface area contributed by atoms with Gasteiger partial charge in [-0.25, -0.2) is 9.97 Å². The molecule has 7 nitrogen and oxygen atoms in total. The number of aromatic amines is 2. The van der Waals surface area contributed by atoms with E-state index in [4.69, 9.17) is 9.72 Å². The van der Waals surface area contributed by atoms with Gasteiger partial charge in [0.25, 0.3) is 0 Å². The van der Waals surface area contributed by atoms with Gasteiger partial charge in [-0.1, -0.05) is 0 Å². The van der Waals surface area contributed by atoms with Crippen LogP contribution in [0.25, 0.3) is 22.3 Å². The molecule has 3 aromatic rings. The number of hydrogen-bond donors (Lipinski definition) is 2. The van der Waals surface area contributed by atoms with Gasteiger partial charge >= 0.3 is 0 Å². The minimum absolute atomic E-state index is 0.510. The Morgan fingerprint density at radius 3 is 2.65 bits per heavy atom. The largest absolute Gasteiger partial charge is 0.379 e. The van der Waals surface area contributed by atoms with Gasteiger partial charge in [-0.3, -0.25) is 10.00 Å². The van der Waals surface area contributed by atoms with Gasteiger partial charge in [0.1, 0.15) is 5.52 Å². The highest BCUT2D eigenvalue weighted by Crippen LogP contribution is 2.35. The van der Waals surface area contributed by atoms with Crippen LogP contribution < -0.4 is 0 Å². The zero-order valence-corrected chi connectivity index (χ0v) is 14.8. The van der Waals surface area contributed by atoms with E-state index >= 15 is 0 Å². The summed E-state index contributed by atoms with van der Waals surface area (Å²) in [4.78, 5) is 15.4. The third kappa shape index (κ3) is 2.91. The fourth-order valence-electron chi connectivity index (χ4n) is 4.40. The molecule has 1 aliphatic carbocycles. The van der Waals surface area contributed by atoms with E-state index in [0.29, 0.717) is 12.0 Å². The Hall–Kier alpha value is -2.25. The quantitative estimate of drug-likeness (QED) is 0.757. The molecule has 2 N–H and O–H groups in total. The highest BCUT2D eigenvalue weighted by atomic mass is 16.5. The van der Waals surface area contributed by atoms with Gasteiger partial charge in [0.05, 0.1) is 31.3 Å². The highest BCUT2D eigenvalue weighted by molar-refractivity contribution is 5.89. The Morgan fingerprint density at radius 1 is 1.04 bits per heavy atom. The van der Waals surface area contributed by atoms with Crippen molar-refractivity contribution < 1.29 is 4.74 Å². The second kappa shape index (κ2) is 6.81. The Bertz CT molecular complexity index is 859. The molecule has 0 bridgehead atoms. The Kier molecular flexibility index (Phi) is 4.18. The summed E-state index contributed by atoms with van der Waals surface area (Å²) in [6.45, 7) is 3.93. The molecule has 1 saturated carbocycles. The van der Waals surface area contributed by atoms with Crippen molar-refractivity contribution in [2.45, 2.75) is 37.6 Å². The maximum Gasteiger partial charge on any atom is 0.156 e. The predicted octanol–water partition coefficient (Wildman–Crippen LogP) is 2.71. The van der Waals surface area contributed by atoms with Gasteiger partial charge in [0, 0.05) is 48.6 Å². The zero-order valence-electron chi connectivity index (χ0n) is 14.8. The van der Waals surface area contributed by atoms with Crippen LogP contribution in [-0.2, 0) is 4.74 Å². The summed E-state index contributed by atoms with van der Waals surface area (Å²) in [5.74, 6) is 0.510. The normalized spacial score (nSPS) is 24.9. The second-order valence-electron chi connectivity index (χ2n) is 7.34. The lowest BCUT2D eigenvalue weighted by atomic mass is 9.83. The zero-order chi connectivity index (χ0) is 17.3. The molecular weight excluding hydrogens is 328 g/mol. The predicted molar refractivity (Wildman–Crippen MR) is 98.9 cm³/mol. The number of nitrogens with one attached hydrogen (secondary N) is 2. The molecule has 3 aromatic heterocycles. The lowest BCUT2D eigenvalue weighted by Crippen LogP contribution is -2.44. The molecule has 26 heavy (non-hydrogen) atoms. The standard InChI is InChI=1S/C19H24N6O/c1-3-15(25-5-7-26-8-6-25)4-2-13(1)17-12-21-19-18(24-17)16(11-20-19)14-9-22-23-10-14/h9-13,15H,1-8H2,(H,20,21)(H,22,23). The molecule has 4 heterocycles. The van der Waals surface area contributed by atoms with Crippen LogP contribution >= 0.6 is 0 Å². The van der Waals surface area contributed by atoms with Crippen LogP contribution in [0.4, 0.5) is 0 Å². The summed E-state index contributed by atoms with van der Waals surface area (Å²) in [6, 6.07) is 0.709. The van der Waals surface area contributed by atoms with Crippen molar-refractivity contribution in [3.63, 3.8) is 0 Å². The summed E-state index contributed by atoms with van der Waals surface area (Å²) in [5.41, 5.74) is 5.01. The number of hydrogen-bond acceptors (Lipinski definition) is 5. The number of aromatic nitrogens is 5. The van der Waals surface area contributed by atoms with Crippen molar-refractivity contribution in [2.75, 3.05) is 26.3 Å². The molecule has 0 aromatic carbocycles. The van der Waals surface area contributed by atoms with Gasteiger partial charge in [0.2, 0.25) is 0 Å². The third-order valence-electron chi connectivity index (χ3n) is 5.89. The van der Waals surface area contributed by atoms with Gasteiger partial charge in [-0.05, 0) is 25.7 Å². The molecule has 0 radical (unpaired) electrons. The van der Waals surface area contributed by atoms with Crippen molar-refractivity contribution in [3.8, 4) is 11.1 Å². The smallest absolute Gasteiger partial charge is 0.156 e. The van der Waals surface area contributed by atoms with E-state index in [-0.39, 0.29) is 0 Å². The highest BCUT2D eigenvalue weighted by Gasteiger charge is 2.28. The van der Waals surface area contributed by atoms with Crippen LogP contribution in [-0.4, -0.2) is 62.4 Å². The first-order chi connectivity index (χ1) is 12.9. The van der Waals surface area contributed by atoms with Crippen molar-refractivity contribution >= 4 is 11.2 Å². The molecule has 7 heteroatoms. The summed E-state index contributed by atoms with van der Waals surface area (Å²) in [5, 5.41) is 6.92. The minimum atomic E-state index is 0.510. The molecule has 0 amide bonds. The van der Waals surface area contributed by atoms with E-state index in [9.17, 15) is 0 Å². The molecule has 1 saturated heterocycles. The first-order valence-corrected chi connectivity index (χ1v) is 9.53. The van der Waals surface area contributed by atoms with Crippen molar-refractivity contribution in [2.24, 2.45) is 0 Å². The monoisotopic (exact) mass is 352 g/mol. The lowest BCUT2D eigenvalue weighted by Gasteiger charge is -2.38. The van der Waals surface area contributed by atoms with Gasteiger partial charge in [-0.15, -0.1) is 0 Å². The minimum Gasteiger partial charge on any atom is -0.379 e. The number of fused-ring (bicyclic) bond motifs is 1. The molecule has 0 atom stereocenters. The molecule has 2 fully saturated rings. The number of ether oxygens (including phenoxy) is 1. The molecule has 0 spiro atoms. The molecule has 0 unspecified atom stereocenters. The molecule has 5 rings (SSSR count). The van der Waals surface area contributed by atoms with E-state index < -0.39 is 0 Å². The van der Waals surface area contributed by atoms with Crippen LogP contribution in [0, 0.1) is 0 Å². The van der Waals surface area contributed by atoms with Gasteiger partial charge < -0.3 is 9.72 Å².